The monoisotopic (exact) mass is 291 g/mol. The third-order valence-electron chi connectivity index (χ3n) is 6.14. The van der Waals surface area contributed by atoms with E-state index >= 15 is 0 Å². The molecule has 2 aliphatic carbocycles. The molecule has 1 heterocycles. The zero-order valence-corrected chi connectivity index (χ0v) is 12.6. The first-order valence-electron chi connectivity index (χ1n) is 7.40. The molecule has 5 heteroatoms. The number of aromatic carboxylic acids is 1. The normalized spacial score (nSPS) is 33.1. The summed E-state index contributed by atoms with van der Waals surface area (Å²) in [5, 5.41) is 11.9. The van der Waals surface area contributed by atoms with E-state index in [4.69, 9.17) is 9.52 Å². The quantitative estimate of drug-likeness (QED) is 0.897. The highest BCUT2D eigenvalue weighted by atomic mass is 16.4. The molecule has 3 atom stereocenters. The number of furan rings is 1. The Morgan fingerprint density at radius 3 is 2.43 bits per heavy atom. The summed E-state index contributed by atoms with van der Waals surface area (Å²) >= 11 is 0. The molecule has 0 aliphatic heterocycles. The van der Waals surface area contributed by atoms with Crippen LogP contribution in [0.1, 0.15) is 61.1 Å². The molecule has 0 radical (unpaired) electrons. The van der Waals surface area contributed by atoms with E-state index in [1.165, 1.54) is 18.6 Å². The van der Waals surface area contributed by atoms with Crippen LogP contribution in [0.25, 0.3) is 0 Å². The average molecular weight is 291 g/mol. The molecule has 2 saturated carbocycles. The van der Waals surface area contributed by atoms with Crippen LogP contribution in [0.2, 0.25) is 0 Å². The van der Waals surface area contributed by atoms with Gasteiger partial charge in [0.05, 0.1) is 0 Å². The Balaban J connectivity index is 1.75. The van der Waals surface area contributed by atoms with Gasteiger partial charge in [-0.15, -0.1) is 0 Å². The predicted molar refractivity (Wildman–Crippen MR) is 76.2 cm³/mol. The van der Waals surface area contributed by atoms with E-state index in [1.807, 2.05) is 0 Å². The van der Waals surface area contributed by atoms with Crippen molar-refractivity contribution >= 4 is 11.9 Å². The minimum atomic E-state index is -1.16. The van der Waals surface area contributed by atoms with Crippen LogP contribution < -0.4 is 5.32 Å². The van der Waals surface area contributed by atoms with Gasteiger partial charge in [0.15, 0.2) is 5.76 Å². The van der Waals surface area contributed by atoms with Gasteiger partial charge in [-0.2, -0.15) is 0 Å². The molecule has 1 amide bonds. The highest BCUT2D eigenvalue weighted by molar-refractivity contribution is 5.93. The number of carboxylic acids is 1. The second kappa shape index (κ2) is 4.36. The maximum atomic E-state index is 12.3. The Kier molecular flexibility index (Phi) is 2.94. The molecule has 3 unspecified atom stereocenters. The van der Waals surface area contributed by atoms with Crippen molar-refractivity contribution in [3.05, 3.63) is 23.7 Å². The summed E-state index contributed by atoms with van der Waals surface area (Å²) in [5.74, 6) is -0.991. The fourth-order valence-electron chi connectivity index (χ4n) is 4.23. The number of nitrogens with one attached hydrogen (secondary N) is 1. The van der Waals surface area contributed by atoms with Crippen molar-refractivity contribution in [1.29, 1.82) is 0 Å². The van der Waals surface area contributed by atoms with Crippen molar-refractivity contribution in [2.45, 2.75) is 46.1 Å². The summed E-state index contributed by atoms with van der Waals surface area (Å²) in [4.78, 5) is 23.1. The minimum Gasteiger partial charge on any atom is -0.475 e. The van der Waals surface area contributed by atoms with Crippen LogP contribution in [0.15, 0.2) is 16.5 Å². The van der Waals surface area contributed by atoms with Crippen LogP contribution in [0, 0.1) is 16.7 Å². The lowest BCUT2D eigenvalue weighted by Crippen LogP contribution is -2.46. The van der Waals surface area contributed by atoms with Crippen LogP contribution in [0.5, 0.6) is 0 Å². The number of rotatable bonds is 3. The Bertz CT molecular complexity index is 603. The molecule has 0 aromatic carbocycles. The summed E-state index contributed by atoms with van der Waals surface area (Å²) in [6.45, 7) is 6.81. The van der Waals surface area contributed by atoms with Crippen LogP contribution in [0.3, 0.4) is 0 Å². The molecule has 1 aromatic rings. The molecule has 0 saturated heterocycles. The third kappa shape index (κ3) is 1.90. The predicted octanol–water partition coefficient (Wildman–Crippen LogP) is 2.92. The van der Waals surface area contributed by atoms with Gasteiger partial charge in [0, 0.05) is 6.04 Å². The smallest absolute Gasteiger partial charge is 0.371 e. The third-order valence-corrected chi connectivity index (χ3v) is 6.14. The van der Waals surface area contributed by atoms with E-state index in [9.17, 15) is 9.59 Å². The van der Waals surface area contributed by atoms with Gasteiger partial charge in [-0.3, -0.25) is 4.79 Å². The van der Waals surface area contributed by atoms with Gasteiger partial charge >= 0.3 is 5.97 Å². The average Bonchev–Trinajstić information content (AvgIpc) is 3.02. The molecule has 2 bridgehead atoms. The van der Waals surface area contributed by atoms with E-state index in [1.54, 1.807) is 0 Å². The Labute approximate surface area is 123 Å². The van der Waals surface area contributed by atoms with Crippen molar-refractivity contribution in [3.8, 4) is 0 Å². The van der Waals surface area contributed by atoms with Gasteiger partial charge in [-0.05, 0) is 48.1 Å². The summed E-state index contributed by atoms with van der Waals surface area (Å²) in [7, 11) is 0. The van der Waals surface area contributed by atoms with Gasteiger partial charge < -0.3 is 14.8 Å². The van der Waals surface area contributed by atoms with Crippen molar-refractivity contribution < 1.29 is 19.1 Å². The second-order valence-electron chi connectivity index (χ2n) is 7.11. The molecule has 1 aromatic heterocycles. The SMILES string of the molecule is CC1(C)C2CCC1(C)C(NC(=O)c1ccc(C(=O)O)o1)C2. The van der Waals surface area contributed by atoms with Crippen molar-refractivity contribution in [3.63, 3.8) is 0 Å². The molecule has 2 fully saturated rings. The topological polar surface area (TPSA) is 79.5 Å². The largest absolute Gasteiger partial charge is 0.475 e. The molecule has 2 aliphatic rings. The fourth-order valence-corrected chi connectivity index (χ4v) is 4.23. The number of carboxylic acid groups (broad SMARTS) is 1. The molecule has 3 rings (SSSR count). The van der Waals surface area contributed by atoms with Crippen LogP contribution >= 0.6 is 0 Å². The van der Waals surface area contributed by atoms with E-state index in [-0.39, 0.29) is 34.3 Å². The van der Waals surface area contributed by atoms with Gasteiger partial charge in [-0.1, -0.05) is 20.8 Å². The highest BCUT2D eigenvalue weighted by Crippen LogP contribution is 2.65. The Morgan fingerprint density at radius 2 is 1.95 bits per heavy atom. The van der Waals surface area contributed by atoms with Gasteiger partial charge in [-0.25, -0.2) is 4.79 Å². The van der Waals surface area contributed by atoms with Crippen LogP contribution in [-0.2, 0) is 0 Å². The number of hydrogen-bond acceptors (Lipinski definition) is 3. The summed E-state index contributed by atoms with van der Waals surface area (Å²) < 4.78 is 5.07. The molecule has 5 nitrogen and oxygen atoms in total. The van der Waals surface area contributed by atoms with Crippen LogP contribution in [-0.4, -0.2) is 23.0 Å². The molecule has 21 heavy (non-hydrogen) atoms. The summed E-state index contributed by atoms with van der Waals surface area (Å²) in [6, 6.07) is 2.85. The lowest BCUT2D eigenvalue weighted by atomic mass is 9.69. The summed E-state index contributed by atoms with van der Waals surface area (Å²) in [6.07, 6.45) is 3.33. The lowest BCUT2D eigenvalue weighted by Gasteiger charge is -2.39. The number of carbonyl (C=O) groups is 2. The Hall–Kier alpha value is -1.78. The molecular weight excluding hydrogens is 270 g/mol. The van der Waals surface area contributed by atoms with E-state index in [0.717, 1.165) is 12.8 Å². The summed E-state index contributed by atoms with van der Waals surface area (Å²) in [5.41, 5.74) is 0.315. The molecule has 2 N–H and O–H groups in total. The maximum absolute atomic E-state index is 12.3. The maximum Gasteiger partial charge on any atom is 0.371 e. The number of hydrogen-bond donors (Lipinski definition) is 2. The van der Waals surface area contributed by atoms with Gasteiger partial charge in [0.25, 0.3) is 5.91 Å². The van der Waals surface area contributed by atoms with Crippen molar-refractivity contribution in [2.75, 3.05) is 0 Å². The Morgan fingerprint density at radius 1 is 1.29 bits per heavy atom. The van der Waals surface area contributed by atoms with Crippen molar-refractivity contribution in [2.24, 2.45) is 16.7 Å². The number of carbonyl (C=O) groups excluding carboxylic acids is 1. The van der Waals surface area contributed by atoms with E-state index in [0.29, 0.717) is 5.92 Å². The lowest BCUT2D eigenvalue weighted by molar-refractivity contribution is 0.0657. The molecular formula is C16H21NO4. The molecule has 114 valence electrons. The van der Waals surface area contributed by atoms with E-state index < -0.39 is 5.97 Å². The fraction of sp³-hybridized carbons (Fsp3) is 0.625. The van der Waals surface area contributed by atoms with Gasteiger partial charge in [0.2, 0.25) is 5.76 Å². The minimum absolute atomic E-state index is 0.0663. The van der Waals surface area contributed by atoms with Gasteiger partial charge in [0.1, 0.15) is 0 Å². The molecule has 0 spiro atoms. The highest BCUT2D eigenvalue weighted by Gasteiger charge is 2.61. The van der Waals surface area contributed by atoms with Crippen LogP contribution in [0.4, 0.5) is 0 Å². The first kappa shape index (κ1) is 14.2. The standard InChI is InChI=1S/C16H21NO4/c1-15(2)9-6-7-16(15,3)12(8-9)17-13(18)10-4-5-11(21-10)14(19)20/h4-5,9,12H,6-8H2,1-3H3,(H,17,18)(H,19,20). The number of amides is 1. The zero-order chi connectivity index (χ0) is 15.4. The van der Waals surface area contributed by atoms with Crippen molar-refractivity contribution in [1.82, 2.24) is 5.32 Å². The first-order valence-corrected chi connectivity index (χ1v) is 7.40. The zero-order valence-electron chi connectivity index (χ0n) is 12.6. The second-order valence-corrected chi connectivity index (χ2v) is 7.11. The van der Waals surface area contributed by atoms with E-state index in [2.05, 4.69) is 26.1 Å². The first-order chi connectivity index (χ1) is 9.75. The number of fused-ring (bicyclic) bond motifs is 2.